The third kappa shape index (κ3) is 23.0. The summed E-state index contributed by atoms with van der Waals surface area (Å²) in [5.41, 5.74) is 5.54. The van der Waals surface area contributed by atoms with Crippen LogP contribution in [0, 0.1) is 12.8 Å². The van der Waals surface area contributed by atoms with Crippen LogP contribution in [0.5, 0.6) is 0 Å². The lowest BCUT2D eigenvalue weighted by Gasteiger charge is -2.09. The molecule has 0 aliphatic heterocycles. The van der Waals surface area contributed by atoms with E-state index in [9.17, 15) is 25.3 Å². The Bertz CT molecular complexity index is 1880. The van der Waals surface area contributed by atoms with E-state index < -0.39 is 30.4 Å². The molecule has 1 unspecified atom stereocenters. The fraction of sp³-hybridized carbons (Fsp3) is 0.351. The monoisotopic (exact) mass is 797 g/mol. The number of allylic oxidation sites excluding steroid dienone is 2. The van der Waals surface area contributed by atoms with Crippen molar-refractivity contribution in [3.63, 3.8) is 0 Å². The topological polar surface area (TPSA) is 217 Å². The van der Waals surface area contributed by atoms with Crippen LogP contribution >= 0.6 is 0 Å². The number of aryl methyl sites for hydroxylation is 1. The first-order valence-corrected chi connectivity index (χ1v) is 21.1. The Morgan fingerprint density at radius 2 is 1.17 bits per heavy atom. The molecular formula is C37H55N3O10S3. The van der Waals surface area contributed by atoms with E-state index in [1.54, 1.807) is 31.2 Å². The van der Waals surface area contributed by atoms with Gasteiger partial charge in [-0.25, -0.2) is 0 Å². The zero-order chi connectivity index (χ0) is 40.5. The number of benzene rings is 3. The van der Waals surface area contributed by atoms with Gasteiger partial charge in [0.2, 0.25) is 0 Å². The van der Waals surface area contributed by atoms with Gasteiger partial charge in [0.25, 0.3) is 30.4 Å². The first kappa shape index (κ1) is 49.5. The Labute approximate surface area is 316 Å². The van der Waals surface area contributed by atoms with Crippen molar-refractivity contribution >= 4 is 42.5 Å². The van der Waals surface area contributed by atoms with Crippen molar-refractivity contribution in [2.45, 2.75) is 59.0 Å². The zero-order valence-electron chi connectivity index (χ0n) is 31.3. The van der Waals surface area contributed by atoms with Gasteiger partial charge >= 0.3 is 0 Å². The molecule has 0 amide bonds. The molecule has 0 spiro atoms. The van der Waals surface area contributed by atoms with E-state index in [2.05, 4.69) is 69.3 Å². The molecule has 6 N–H and O–H groups in total. The van der Waals surface area contributed by atoms with E-state index >= 15 is 0 Å². The maximum absolute atomic E-state index is 11.2. The van der Waals surface area contributed by atoms with Gasteiger partial charge in [0.1, 0.15) is 11.5 Å². The SMILES string of the molecule is C/C=C/c1cc(C)ccc1CS(=O)(=O)ON.C/C=C/c1ccccc1CS(=O)(=O)ON.C=CCOCC(C)CS(=O)(=O)ON.CC(C)c1ccccc1. The molecule has 0 bridgehead atoms. The van der Waals surface area contributed by atoms with Crippen molar-refractivity contribution in [1.82, 2.24) is 0 Å². The number of ether oxygens (including phenoxy) is 1. The van der Waals surface area contributed by atoms with Crippen LogP contribution in [0.15, 0.2) is 97.6 Å². The fourth-order valence-electron chi connectivity index (χ4n) is 4.26. The van der Waals surface area contributed by atoms with Crippen molar-refractivity contribution in [3.05, 3.63) is 131 Å². The standard InChI is InChI=1S/C11H15NO3S.C10H13NO3S.C9H12.C7H15NO4S/c1-3-4-10-7-9(2)5-6-11(10)8-16(13,14)15-12;1-2-5-9-6-3-4-7-10(9)8-15(12,13)14-11;1-8(2)9-6-4-3-5-7-9;1-3-4-11-5-7(2)6-13(9,10)12-8/h3-7H,8,12H2,1-2H3;2-7H,8,11H2,1H3;3-8H,1-2H3;3,7H,1,4-6,8H2,2H3/b4-3+;5-2+;;. The van der Waals surface area contributed by atoms with Crippen molar-refractivity contribution in [1.29, 1.82) is 0 Å². The first-order valence-electron chi connectivity index (χ1n) is 16.4. The van der Waals surface area contributed by atoms with Gasteiger partial charge in [-0.3, -0.25) is 0 Å². The van der Waals surface area contributed by atoms with Gasteiger partial charge in [-0.15, -0.1) is 6.58 Å². The van der Waals surface area contributed by atoms with Gasteiger partial charge < -0.3 is 4.74 Å². The van der Waals surface area contributed by atoms with E-state index in [4.69, 9.17) is 10.6 Å². The third-order valence-corrected chi connectivity index (χ3v) is 9.93. The van der Waals surface area contributed by atoms with Crippen LogP contribution in [-0.2, 0) is 59.4 Å². The summed E-state index contributed by atoms with van der Waals surface area (Å²) in [4.78, 5) is 0. The van der Waals surface area contributed by atoms with Crippen LogP contribution in [0.2, 0.25) is 0 Å². The number of hydrogen-bond donors (Lipinski definition) is 3. The van der Waals surface area contributed by atoms with Crippen molar-refractivity contribution < 1.29 is 42.8 Å². The summed E-state index contributed by atoms with van der Waals surface area (Å²) >= 11 is 0. The third-order valence-electron chi connectivity index (χ3n) is 6.75. The summed E-state index contributed by atoms with van der Waals surface area (Å²) < 4.78 is 83.2. The molecule has 0 aromatic heterocycles. The van der Waals surface area contributed by atoms with Gasteiger partial charge in [-0.2, -0.15) is 55.8 Å². The average molecular weight is 798 g/mol. The predicted molar refractivity (Wildman–Crippen MR) is 213 cm³/mol. The minimum atomic E-state index is -3.68. The van der Waals surface area contributed by atoms with E-state index in [1.807, 2.05) is 75.4 Å². The Balaban J connectivity index is 0.000000692. The summed E-state index contributed by atoms with van der Waals surface area (Å²) in [5, 5.41) is 0. The number of hydrogen-bond acceptors (Lipinski definition) is 13. The second-order valence-electron chi connectivity index (χ2n) is 11.8. The molecule has 0 saturated carbocycles. The molecule has 0 fully saturated rings. The molecule has 3 aromatic rings. The van der Waals surface area contributed by atoms with E-state index in [-0.39, 0.29) is 23.2 Å². The normalized spacial score (nSPS) is 12.3. The average Bonchev–Trinajstić information content (AvgIpc) is 3.11. The summed E-state index contributed by atoms with van der Waals surface area (Å²) in [7, 11) is -10.9. The molecule has 0 aliphatic carbocycles. The maximum atomic E-state index is 11.2. The molecule has 53 heavy (non-hydrogen) atoms. The molecule has 3 aromatic carbocycles. The molecule has 296 valence electrons. The van der Waals surface area contributed by atoms with Crippen molar-refractivity contribution in [2.24, 2.45) is 23.6 Å². The van der Waals surface area contributed by atoms with Crippen LogP contribution in [0.3, 0.4) is 0 Å². The first-order chi connectivity index (χ1) is 24.9. The zero-order valence-corrected chi connectivity index (χ0v) is 33.7. The molecule has 13 nitrogen and oxygen atoms in total. The fourth-order valence-corrected chi connectivity index (χ4v) is 6.56. The summed E-state index contributed by atoms with van der Waals surface area (Å²) in [6, 6.07) is 23.2. The minimum Gasteiger partial charge on any atom is -0.377 e. The molecule has 16 heteroatoms. The Morgan fingerprint density at radius 3 is 1.64 bits per heavy atom. The van der Waals surface area contributed by atoms with E-state index in [0.29, 0.717) is 30.3 Å². The van der Waals surface area contributed by atoms with Crippen LogP contribution in [0.25, 0.3) is 12.2 Å². The molecule has 0 aliphatic rings. The summed E-state index contributed by atoms with van der Waals surface area (Å²) in [5.74, 6) is 13.9. The van der Waals surface area contributed by atoms with Gasteiger partial charge in [-0.1, -0.05) is 130 Å². The molecule has 0 radical (unpaired) electrons. The van der Waals surface area contributed by atoms with Gasteiger partial charge in [0.05, 0.1) is 19.0 Å². The second kappa shape index (κ2) is 26.3. The Hall–Kier alpha value is -3.55. The summed E-state index contributed by atoms with van der Waals surface area (Å²) in [6.07, 6.45) is 8.99. The highest BCUT2D eigenvalue weighted by Gasteiger charge is 2.16. The van der Waals surface area contributed by atoms with Crippen LogP contribution in [0.4, 0.5) is 0 Å². The smallest absolute Gasteiger partial charge is 0.287 e. The lowest BCUT2D eigenvalue weighted by molar-refractivity contribution is 0.134. The highest BCUT2D eigenvalue weighted by Crippen LogP contribution is 2.17. The van der Waals surface area contributed by atoms with Crippen molar-refractivity contribution in [3.8, 4) is 0 Å². The largest absolute Gasteiger partial charge is 0.377 e. The lowest BCUT2D eigenvalue weighted by Crippen LogP contribution is -2.22. The lowest BCUT2D eigenvalue weighted by atomic mass is 10.0. The summed E-state index contributed by atoms with van der Waals surface area (Å²) in [6.45, 7) is 16.0. The maximum Gasteiger partial charge on any atom is 0.287 e. The van der Waals surface area contributed by atoms with Gasteiger partial charge in [-0.05, 0) is 60.4 Å². The highest BCUT2D eigenvalue weighted by atomic mass is 32.2. The quantitative estimate of drug-likeness (QED) is 0.0856. The van der Waals surface area contributed by atoms with E-state index in [1.165, 1.54) is 5.56 Å². The van der Waals surface area contributed by atoms with Gasteiger partial charge in [0.15, 0.2) is 0 Å². The van der Waals surface area contributed by atoms with Crippen LogP contribution in [0.1, 0.15) is 73.9 Å². The minimum absolute atomic E-state index is 0.138. The molecule has 3 rings (SSSR count). The Kier molecular flexibility index (Phi) is 24.5. The molecule has 1 atom stereocenters. The van der Waals surface area contributed by atoms with E-state index in [0.717, 1.165) is 16.7 Å². The number of rotatable bonds is 16. The van der Waals surface area contributed by atoms with Gasteiger partial charge in [0, 0.05) is 0 Å². The molecule has 0 heterocycles. The highest BCUT2D eigenvalue weighted by molar-refractivity contribution is 7.86. The van der Waals surface area contributed by atoms with Crippen LogP contribution in [-0.4, -0.2) is 44.2 Å². The van der Waals surface area contributed by atoms with Crippen LogP contribution < -0.4 is 17.7 Å². The predicted octanol–water partition coefficient (Wildman–Crippen LogP) is 6.04. The molecule has 0 saturated heterocycles. The molecular weight excluding hydrogens is 743 g/mol. The number of nitrogens with two attached hydrogens (primary N) is 3. The van der Waals surface area contributed by atoms with Crippen molar-refractivity contribution in [2.75, 3.05) is 19.0 Å². The Morgan fingerprint density at radius 1 is 0.679 bits per heavy atom. The second-order valence-corrected chi connectivity index (χ2v) is 16.6.